The summed E-state index contributed by atoms with van der Waals surface area (Å²) in [6.45, 7) is 2.63. The van der Waals surface area contributed by atoms with Gasteiger partial charge in [0, 0.05) is 24.5 Å². The summed E-state index contributed by atoms with van der Waals surface area (Å²) in [5.74, 6) is -0.979. The molecular weight excluding hydrogens is 348 g/mol. The van der Waals surface area contributed by atoms with Crippen LogP contribution >= 0.6 is 0 Å². The fourth-order valence-corrected chi connectivity index (χ4v) is 3.61. The Morgan fingerprint density at radius 3 is 2.59 bits per heavy atom. The SMILES string of the molecule is CCN(CC(=O)O)C1CC(NC(=O)Cc2nn(C)c(=O)c3ccccc23)C1. The Labute approximate surface area is 156 Å². The van der Waals surface area contributed by atoms with Gasteiger partial charge in [-0.1, -0.05) is 25.1 Å². The third-order valence-electron chi connectivity index (χ3n) is 5.10. The Balaban J connectivity index is 1.62. The molecule has 2 N–H and O–H groups in total. The summed E-state index contributed by atoms with van der Waals surface area (Å²) in [5.41, 5.74) is 0.386. The first-order valence-corrected chi connectivity index (χ1v) is 9.09. The summed E-state index contributed by atoms with van der Waals surface area (Å²) in [6, 6.07) is 7.38. The Bertz CT molecular complexity index is 918. The van der Waals surface area contributed by atoms with Crippen LogP contribution < -0.4 is 10.9 Å². The smallest absolute Gasteiger partial charge is 0.317 e. The third kappa shape index (κ3) is 4.16. The van der Waals surface area contributed by atoms with Gasteiger partial charge in [-0.05, 0) is 25.5 Å². The molecule has 0 spiro atoms. The summed E-state index contributed by atoms with van der Waals surface area (Å²) in [7, 11) is 1.58. The van der Waals surface area contributed by atoms with Gasteiger partial charge in [-0.2, -0.15) is 5.10 Å². The summed E-state index contributed by atoms with van der Waals surface area (Å²) in [5, 5.41) is 17.4. The second-order valence-electron chi connectivity index (χ2n) is 6.94. The Morgan fingerprint density at radius 1 is 1.30 bits per heavy atom. The summed E-state index contributed by atoms with van der Waals surface area (Å²) in [6.07, 6.45) is 1.59. The van der Waals surface area contributed by atoms with E-state index in [1.807, 2.05) is 17.9 Å². The molecule has 8 nitrogen and oxygen atoms in total. The summed E-state index contributed by atoms with van der Waals surface area (Å²) in [4.78, 5) is 37.4. The minimum atomic E-state index is -0.836. The lowest BCUT2D eigenvalue weighted by Gasteiger charge is -2.42. The van der Waals surface area contributed by atoms with Gasteiger partial charge in [-0.3, -0.25) is 19.3 Å². The molecule has 27 heavy (non-hydrogen) atoms. The van der Waals surface area contributed by atoms with E-state index in [0.29, 0.717) is 23.0 Å². The zero-order valence-electron chi connectivity index (χ0n) is 15.5. The maximum Gasteiger partial charge on any atom is 0.317 e. The number of aromatic nitrogens is 2. The molecular formula is C19H24N4O4. The topological polar surface area (TPSA) is 105 Å². The standard InChI is InChI=1S/C19H24N4O4/c1-3-23(11-18(25)26)13-8-12(9-13)20-17(24)10-16-14-6-4-5-7-15(14)19(27)22(2)21-16/h4-7,12-13H,3,8-11H2,1-2H3,(H,20,24)(H,25,26). The molecule has 8 heteroatoms. The Kier molecular flexibility index (Phi) is 5.55. The first-order chi connectivity index (χ1) is 12.9. The van der Waals surface area contributed by atoms with Crippen molar-refractivity contribution in [1.82, 2.24) is 20.0 Å². The van der Waals surface area contributed by atoms with Gasteiger partial charge in [0.2, 0.25) is 5.91 Å². The second kappa shape index (κ2) is 7.87. The quantitative estimate of drug-likeness (QED) is 0.735. The molecule has 1 fully saturated rings. The largest absolute Gasteiger partial charge is 0.480 e. The van der Waals surface area contributed by atoms with E-state index in [2.05, 4.69) is 10.4 Å². The number of aryl methyl sites for hydroxylation is 1. The Hall–Kier alpha value is -2.74. The van der Waals surface area contributed by atoms with Crippen LogP contribution in [-0.4, -0.2) is 56.8 Å². The molecule has 0 radical (unpaired) electrons. The number of nitrogens with zero attached hydrogens (tertiary/aromatic N) is 3. The number of likely N-dealkylation sites (N-methyl/N-ethyl adjacent to an activating group) is 1. The van der Waals surface area contributed by atoms with Crippen LogP contribution in [0.4, 0.5) is 0 Å². The van der Waals surface area contributed by atoms with Gasteiger partial charge in [0.05, 0.1) is 24.0 Å². The number of benzene rings is 1. The van der Waals surface area contributed by atoms with Crippen molar-refractivity contribution in [3.8, 4) is 0 Å². The fraction of sp³-hybridized carbons (Fsp3) is 0.474. The highest BCUT2D eigenvalue weighted by Crippen LogP contribution is 2.25. The molecule has 1 saturated carbocycles. The lowest BCUT2D eigenvalue weighted by atomic mass is 9.85. The van der Waals surface area contributed by atoms with Crippen molar-refractivity contribution in [1.29, 1.82) is 0 Å². The molecule has 1 aromatic carbocycles. The number of carbonyl (C=O) groups is 2. The predicted molar refractivity (Wildman–Crippen MR) is 101 cm³/mol. The highest BCUT2D eigenvalue weighted by molar-refractivity contribution is 5.88. The molecule has 1 heterocycles. The van der Waals surface area contributed by atoms with E-state index in [4.69, 9.17) is 5.11 Å². The lowest BCUT2D eigenvalue weighted by molar-refractivity contribution is -0.139. The highest BCUT2D eigenvalue weighted by atomic mass is 16.4. The van der Waals surface area contributed by atoms with E-state index in [1.54, 1.807) is 25.2 Å². The van der Waals surface area contributed by atoms with Crippen molar-refractivity contribution in [2.24, 2.45) is 7.05 Å². The number of rotatable bonds is 7. The van der Waals surface area contributed by atoms with Gasteiger partial charge in [0.1, 0.15) is 0 Å². The molecule has 0 atom stereocenters. The Morgan fingerprint density at radius 2 is 1.96 bits per heavy atom. The monoisotopic (exact) mass is 372 g/mol. The van der Waals surface area contributed by atoms with E-state index < -0.39 is 5.97 Å². The van der Waals surface area contributed by atoms with Crippen molar-refractivity contribution >= 4 is 22.6 Å². The number of nitrogens with one attached hydrogen (secondary N) is 1. The first-order valence-electron chi connectivity index (χ1n) is 9.09. The van der Waals surface area contributed by atoms with Gasteiger partial charge in [0.25, 0.3) is 5.56 Å². The number of carboxylic acids is 1. The van der Waals surface area contributed by atoms with Crippen LogP contribution in [0.2, 0.25) is 0 Å². The molecule has 0 unspecified atom stereocenters. The summed E-state index contributed by atoms with van der Waals surface area (Å²) >= 11 is 0. The van der Waals surface area contributed by atoms with Crippen molar-refractivity contribution in [3.05, 3.63) is 40.3 Å². The number of fused-ring (bicyclic) bond motifs is 1. The summed E-state index contributed by atoms with van der Waals surface area (Å²) < 4.78 is 1.26. The van der Waals surface area contributed by atoms with E-state index in [1.165, 1.54) is 4.68 Å². The first kappa shape index (κ1) is 19.0. The van der Waals surface area contributed by atoms with Gasteiger partial charge in [-0.25, -0.2) is 4.68 Å². The molecule has 1 aliphatic carbocycles. The maximum atomic E-state index is 12.4. The number of hydrogen-bond donors (Lipinski definition) is 2. The van der Waals surface area contributed by atoms with Crippen molar-refractivity contribution in [2.75, 3.05) is 13.1 Å². The normalized spacial score (nSPS) is 19.1. The van der Waals surface area contributed by atoms with Gasteiger partial charge < -0.3 is 10.4 Å². The molecule has 0 aliphatic heterocycles. The zero-order chi connectivity index (χ0) is 19.6. The zero-order valence-corrected chi connectivity index (χ0v) is 15.5. The van der Waals surface area contributed by atoms with Crippen LogP contribution in [0, 0.1) is 0 Å². The highest BCUT2D eigenvalue weighted by Gasteiger charge is 2.34. The molecule has 3 rings (SSSR count). The molecule has 0 bridgehead atoms. The maximum absolute atomic E-state index is 12.4. The van der Waals surface area contributed by atoms with Crippen LogP contribution in [0.3, 0.4) is 0 Å². The van der Waals surface area contributed by atoms with E-state index in [9.17, 15) is 14.4 Å². The molecule has 1 aromatic heterocycles. The van der Waals surface area contributed by atoms with Gasteiger partial charge in [-0.15, -0.1) is 0 Å². The molecule has 144 valence electrons. The average Bonchev–Trinajstić information content (AvgIpc) is 2.60. The number of carbonyl (C=O) groups excluding carboxylic acids is 1. The minimum absolute atomic E-state index is 0.0236. The minimum Gasteiger partial charge on any atom is -0.480 e. The van der Waals surface area contributed by atoms with Crippen LogP contribution in [0.25, 0.3) is 10.8 Å². The number of hydrogen-bond acceptors (Lipinski definition) is 5. The van der Waals surface area contributed by atoms with Crippen LogP contribution in [0.5, 0.6) is 0 Å². The van der Waals surface area contributed by atoms with Crippen molar-refractivity contribution in [2.45, 2.75) is 38.3 Å². The molecule has 0 saturated heterocycles. The van der Waals surface area contributed by atoms with Crippen molar-refractivity contribution in [3.63, 3.8) is 0 Å². The molecule has 1 amide bonds. The second-order valence-corrected chi connectivity index (χ2v) is 6.94. The number of amides is 1. The van der Waals surface area contributed by atoms with Crippen LogP contribution in [0.1, 0.15) is 25.5 Å². The lowest BCUT2D eigenvalue weighted by Crippen LogP contribution is -2.55. The third-order valence-corrected chi connectivity index (χ3v) is 5.10. The van der Waals surface area contributed by atoms with Crippen LogP contribution in [-0.2, 0) is 23.1 Å². The van der Waals surface area contributed by atoms with Crippen LogP contribution in [0.15, 0.2) is 29.1 Å². The average molecular weight is 372 g/mol. The van der Waals surface area contributed by atoms with Gasteiger partial charge >= 0.3 is 5.97 Å². The fourth-order valence-electron chi connectivity index (χ4n) is 3.61. The molecule has 2 aromatic rings. The van der Waals surface area contributed by atoms with E-state index >= 15 is 0 Å². The van der Waals surface area contributed by atoms with E-state index in [-0.39, 0.29) is 36.5 Å². The van der Waals surface area contributed by atoms with E-state index in [0.717, 1.165) is 12.8 Å². The number of aliphatic carboxylic acids is 1. The predicted octanol–water partition coefficient (Wildman–Crippen LogP) is 0.530. The molecule has 1 aliphatic rings. The number of carboxylic acid groups (broad SMARTS) is 1. The van der Waals surface area contributed by atoms with Crippen molar-refractivity contribution < 1.29 is 14.7 Å². The van der Waals surface area contributed by atoms with Gasteiger partial charge in [0.15, 0.2) is 0 Å².